The molecule has 0 aliphatic heterocycles. The molecule has 0 radical (unpaired) electrons. The van der Waals surface area contributed by atoms with Crippen LogP contribution in [0.4, 0.5) is 13.2 Å². The first-order valence-electron chi connectivity index (χ1n) is 6.35. The lowest BCUT2D eigenvalue weighted by Crippen LogP contribution is -2.41. The van der Waals surface area contributed by atoms with Gasteiger partial charge >= 0.3 is 6.18 Å². The predicted molar refractivity (Wildman–Crippen MR) is 70.3 cm³/mol. The van der Waals surface area contributed by atoms with Crippen molar-refractivity contribution in [2.75, 3.05) is 13.6 Å². The van der Waals surface area contributed by atoms with Crippen LogP contribution in [0, 0.1) is 13.8 Å². The quantitative estimate of drug-likeness (QED) is 0.934. The molecule has 0 aliphatic rings. The minimum Gasteiger partial charge on any atom is -0.382 e. The highest BCUT2D eigenvalue weighted by atomic mass is 19.4. The maximum Gasteiger partial charge on any atom is 0.416 e. The number of aliphatic hydroxyl groups excluding tert-OH is 1. The smallest absolute Gasteiger partial charge is 0.382 e. The molecule has 0 aliphatic carbocycles. The van der Waals surface area contributed by atoms with E-state index in [0.29, 0.717) is 16.8 Å². The third kappa shape index (κ3) is 3.03. The molecule has 120 valence electrons. The molecule has 1 N–H and O–H groups in total. The number of hydrogen-bond acceptors (Lipinski definition) is 5. The Labute approximate surface area is 123 Å². The number of rotatable bonds is 3. The van der Waals surface area contributed by atoms with E-state index in [0.717, 1.165) is 4.90 Å². The number of aryl methyl sites for hydroxylation is 2. The van der Waals surface area contributed by atoms with E-state index >= 15 is 0 Å². The van der Waals surface area contributed by atoms with Crippen LogP contribution < -0.4 is 0 Å². The first-order chi connectivity index (χ1) is 10.1. The van der Waals surface area contributed by atoms with Gasteiger partial charge in [-0.05, 0) is 19.9 Å². The maximum absolute atomic E-state index is 12.4. The number of likely N-dealkylation sites (N-methyl/N-ethyl adjacent to an activating group) is 1. The molecule has 1 amide bonds. The molecule has 0 aromatic carbocycles. The van der Waals surface area contributed by atoms with Crippen LogP contribution in [0.5, 0.6) is 0 Å². The third-order valence-electron chi connectivity index (χ3n) is 3.15. The number of aliphatic hydroxyl groups is 1. The van der Waals surface area contributed by atoms with E-state index in [1.807, 2.05) is 0 Å². The van der Waals surface area contributed by atoms with Gasteiger partial charge in [0.25, 0.3) is 11.6 Å². The second-order valence-corrected chi connectivity index (χ2v) is 5.00. The van der Waals surface area contributed by atoms with Crippen molar-refractivity contribution in [1.29, 1.82) is 0 Å². The van der Waals surface area contributed by atoms with Crippen molar-refractivity contribution < 1.29 is 27.6 Å². The second kappa shape index (κ2) is 5.56. The molecule has 0 bridgehead atoms. The van der Waals surface area contributed by atoms with E-state index in [9.17, 15) is 18.0 Å². The Hall–Kier alpha value is -2.16. The number of nitrogens with zero attached hydrogens (tertiary/aromatic N) is 3. The summed E-state index contributed by atoms with van der Waals surface area (Å²) in [5, 5.41) is 13.1. The zero-order valence-electron chi connectivity index (χ0n) is 12.1. The van der Waals surface area contributed by atoms with Crippen LogP contribution in [0.25, 0.3) is 11.1 Å². The minimum atomic E-state index is -4.79. The van der Waals surface area contributed by atoms with Gasteiger partial charge in [0.1, 0.15) is 0 Å². The van der Waals surface area contributed by atoms with E-state index < -0.39 is 24.7 Å². The molecule has 2 heterocycles. The summed E-state index contributed by atoms with van der Waals surface area (Å²) in [6, 6.07) is 1.45. The number of aromatic nitrogens is 2. The van der Waals surface area contributed by atoms with E-state index in [4.69, 9.17) is 9.63 Å². The van der Waals surface area contributed by atoms with Gasteiger partial charge < -0.3 is 14.5 Å². The number of carbonyl (C=O) groups excluding carboxylic acids is 1. The molecule has 0 spiro atoms. The molecular formula is C13H14F3N3O3. The third-order valence-corrected chi connectivity index (χ3v) is 3.15. The van der Waals surface area contributed by atoms with Gasteiger partial charge in [0.05, 0.1) is 23.2 Å². The summed E-state index contributed by atoms with van der Waals surface area (Å²) in [5.74, 6) is -0.676. The Morgan fingerprint density at radius 1 is 1.45 bits per heavy atom. The summed E-state index contributed by atoms with van der Waals surface area (Å²) >= 11 is 0. The number of amides is 1. The number of pyridine rings is 1. The molecule has 0 fully saturated rings. The van der Waals surface area contributed by atoms with E-state index in [1.165, 1.54) is 13.1 Å². The van der Waals surface area contributed by atoms with Crippen LogP contribution in [0.15, 0.2) is 10.6 Å². The van der Waals surface area contributed by atoms with Crippen molar-refractivity contribution >= 4 is 17.0 Å². The highest BCUT2D eigenvalue weighted by Gasteiger charge is 2.39. The molecule has 2 rings (SSSR count). The Morgan fingerprint density at radius 3 is 2.68 bits per heavy atom. The van der Waals surface area contributed by atoms with Crippen molar-refractivity contribution in [3.8, 4) is 0 Å². The highest BCUT2D eigenvalue weighted by molar-refractivity contribution is 6.05. The van der Waals surface area contributed by atoms with Gasteiger partial charge in [0, 0.05) is 12.7 Å². The molecule has 2 aromatic rings. The zero-order valence-corrected chi connectivity index (χ0v) is 12.1. The average molecular weight is 317 g/mol. The van der Waals surface area contributed by atoms with Gasteiger partial charge in [-0.25, -0.2) is 4.98 Å². The summed E-state index contributed by atoms with van der Waals surface area (Å²) < 4.78 is 42.1. The number of fused-ring (bicyclic) bond motifs is 1. The summed E-state index contributed by atoms with van der Waals surface area (Å²) in [7, 11) is 1.18. The number of hydrogen-bond donors (Lipinski definition) is 1. The molecule has 0 saturated heterocycles. The fourth-order valence-electron chi connectivity index (χ4n) is 2.04. The predicted octanol–water partition coefficient (Wildman–Crippen LogP) is 1.83. The van der Waals surface area contributed by atoms with Crippen LogP contribution in [0.1, 0.15) is 21.7 Å². The Bertz CT molecular complexity index is 712. The van der Waals surface area contributed by atoms with Crippen LogP contribution in [-0.4, -0.2) is 51.9 Å². The second-order valence-electron chi connectivity index (χ2n) is 5.00. The van der Waals surface area contributed by atoms with E-state index in [2.05, 4.69) is 10.1 Å². The fraction of sp³-hybridized carbons (Fsp3) is 0.462. The van der Waals surface area contributed by atoms with Gasteiger partial charge in [-0.1, -0.05) is 5.16 Å². The number of halogens is 3. The first kappa shape index (κ1) is 16.2. The fourth-order valence-corrected chi connectivity index (χ4v) is 2.04. The lowest BCUT2D eigenvalue weighted by atomic mass is 10.1. The van der Waals surface area contributed by atoms with Crippen LogP contribution in [-0.2, 0) is 0 Å². The Kier molecular flexibility index (Phi) is 4.10. The number of alkyl halides is 3. The molecule has 0 saturated carbocycles. The topological polar surface area (TPSA) is 79.5 Å². The van der Waals surface area contributed by atoms with Gasteiger partial charge in [0.2, 0.25) is 0 Å². The number of carbonyl (C=O) groups is 1. The van der Waals surface area contributed by atoms with Crippen molar-refractivity contribution in [3.05, 3.63) is 23.0 Å². The van der Waals surface area contributed by atoms with Gasteiger partial charge in [0.15, 0.2) is 6.10 Å². The lowest BCUT2D eigenvalue weighted by Gasteiger charge is -2.22. The average Bonchev–Trinajstić information content (AvgIpc) is 2.77. The van der Waals surface area contributed by atoms with Crippen LogP contribution in [0.2, 0.25) is 0 Å². The Morgan fingerprint density at radius 2 is 2.09 bits per heavy atom. The molecule has 22 heavy (non-hydrogen) atoms. The summed E-state index contributed by atoms with van der Waals surface area (Å²) in [5.41, 5.74) is 1.16. The van der Waals surface area contributed by atoms with Gasteiger partial charge in [-0.3, -0.25) is 4.79 Å². The van der Waals surface area contributed by atoms with Gasteiger partial charge in [-0.2, -0.15) is 13.2 Å². The van der Waals surface area contributed by atoms with Crippen molar-refractivity contribution in [2.45, 2.75) is 26.1 Å². The standard InChI is InChI=1S/C13H14F3N3O3/c1-6-4-8(10-7(2)18-22-11(10)17-6)12(21)19(3)5-9(20)13(14,15)16/h4,9,20H,5H2,1-3H3. The van der Waals surface area contributed by atoms with Crippen molar-refractivity contribution in [1.82, 2.24) is 15.0 Å². The maximum atomic E-state index is 12.4. The molecule has 6 nitrogen and oxygen atoms in total. The van der Waals surface area contributed by atoms with Gasteiger partial charge in [-0.15, -0.1) is 0 Å². The Balaban J connectivity index is 2.35. The highest BCUT2D eigenvalue weighted by Crippen LogP contribution is 2.24. The molecule has 9 heteroatoms. The summed E-state index contributed by atoms with van der Waals surface area (Å²) in [6.45, 7) is 2.36. The van der Waals surface area contributed by atoms with Crippen LogP contribution >= 0.6 is 0 Å². The zero-order chi connectivity index (χ0) is 16.7. The molecule has 2 aromatic heterocycles. The largest absolute Gasteiger partial charge is 0.416 e. The lowest BCUT2D eigenvalue weighted by molar-refractivity contribution is -0.205. The SMILES string of the molecule is Cc1cc(C(=O)N(C)CC(O)C(F)(F)F)c2c(C)noc2n1. The minimum absolute atomic E-state index is 0.137. The van der Waals surface area contributed by atoms with Crippen molar-refractivity contribution in [2.24, 2.45) is 0 Å². The molecule has 1 unspecified atom stereocenters. The van der Waals surface area contributed by atoms with E-state index in [1.54, 1.807) is 13.8 Å². The summed E-state index contributed by atoms with van der Waals surface area (Å²) in [6.07, 6.45) is -7.39. The summed E-state index contributed by atoms with van der Waals surface area (Å²) in [4.78, 5) is 17.2. The normalized spacial score (nSPS) is 13.4. The molecule has 1 atom stereocenters. The van der Waals surface area contributed by atoms with Crippen molar-refractivity contribution in [3.63, 3.8) is 0 Å². The monoisotopic (exact) mass is 317 g/mol. The van der Waals surface area contributed by atoms with Crippen LogP contribution in [0.3, 0.4) is 0 Å². The molecular weight excluding hydrogens is 303 g/mol. The first-order valence-corrected chi connectivity index (χ1v) is 6.35. The van der Waals surface area contributed by atoms with E-state index in [-0.39, 0.29) is 11.3 Å².